The van der Waals surface area contributed by atoms with Gasteiger partial charge in [-0.05, 0) is 23.8 Å². The van der Waals surface area contributed by atoms with Crippen molar-refractivity contribution in [2.45, 2.75) is 6.92 Å². The van der Waals surface area contributed by atoms with Gasteiger partial charge < -0.3 is 5.32 Å². The first kappa shape index (κ1) is 13.0. The molecular weight excluding hydrogens is 272 g/mol. The molecule has 0 radical (unpaired) electrons. The molecule has 0 unspecified atom stereocenters. The summed E-state index contributed by atoms with van der Waals surface area (Å²) in [5, 5.41) is 14.5. The van der Waals surface area contributed by atoms with Crippen LogP contribution >= 0.6 is 0 Å². The lowest BCUT2D eigenvalue weighted by atomic mass is 9.90. The van der Waals surface area contributed by atoms with Crippen LogP contribution in [-0.4, -0.2) is 16.6 Å². The molecule has 0 atom stereocenters. The molecule has 2 aromatic carbocycles. The van der Waals surface area contributed by atoms with Crippen molar-refractivity contribution in [2.75, 3.05) is 0 Å². The maximum Gasteiger partial charge on any atom is 0.277 e. The number of non-ortho nitro benzene ring substituents is 1. The lowest BCUT2D eigenvalue weighted by Crippen LogP contribution is -2.26. The summed E-state index contributed by atoms with van der Waals surface area (Å²) in [5.41, 5.74) is 1.17. The number of carbonyl (C=O) groups excluding carboxylic acids is 2. The number of nitrogens with zero attached hydrogens (tertiary/aromatic N) is 1. The molecule has 3 rings (SSSR count). The second-order valence-corrected chi connectivity index (χ2v) is 4.73. The fourth-order valence-electron chi connectivity index (χ4n) is 2.54. The monoisotopic (exact) mass is 282 g/mol. The van der Waals surface area contributed by atoms with Gasteiger partial charge in [-0.2, -0.15) is 0 Å². The van der Waals surface area contributed by atoms with Gasteiger partial charge in [0.15, 0.2) is 0 Å². The van der Waals surface area contributed by atoms with E-state index in [1.165, 1.54) is 13.0 Å². The Labute approximate surface area is 119 Å². The fourth-order valence-corrected chi connectivity index (χ4v) is 2.54. The maximum absolute atomic E-state index is 12.4. The summed E-state index contributed by atoms with van der Waals surface area (Å²) < 4.78 is 0. The average Bonchev–Trinajstić information content (AvgIpc) is 2.43. The molecule has 1 aliphatic carbocycles. The van der Waals surface area contributed by atoms with Gasteiger partial charge in [-0.15, -0.1) is 0 Å². The Morgan fingerprint density at radius 1 is 1.24 bits per heavy atom. The summed E-state index contributed by atoms with van der Waals surface area (Å²) in [5.74, 6) is -0.684. The molecule has 104 valence electrons. The molecule has 0 spiro atoms. The summed E-state index contributed by atoms with van der Waals surface area (Å²) in [6.45, 7) is 1.32. The van der Waals surface area contributed by atoms with Crippen molar-refractivity contribution < 1.29 is 14.5 Å². The predicted octanol–water partition coefficient (Wildman–Crippen LogP) is 2.42. The summed E-state index contributed by atoms with van der Waals surface area (Å²) in [6, 6.07) is 7.80. The van der Waals surface area contributed by atoms with E-state index in [1.807, 2.05) is 0 Å². The third-order valence-corrected chi connectivity index (χ3v) is 3.35. The molecule has 0 saturated carbocycles. The number of ketones is 1. The standard InChI is InChI=1S/C15H10N2O4/c1-8(18)16-12-7-9-5-6-13(17(20)21)10-3-2-4-11(14(9)10)15(12)19/h2-7H,1H3,(H,16,18). The Bertz CT molecular complexity index is 852. The first-order valence-electron chi connectivity index (χ1n) is 6.23. The van der Waals surface area contributed by atoms with E-state index in [1.54, 1.807) is 30.3 Å². The largest absolute Gasteiger partial charge is 0.323 e. The smallest absolute Gasteiger partial charge is 0.277 e. The van der Waals surface area contributed by atoms with Crippen LogP contribution in [-0.2, 0) is 4.79 Å². The van der Waals surface area contributed by atoms with Crippen LogP contribution in [0.5, 0.6) is 0 Å². The Kier molecular flexibility index (Phi) is 2.79. The number of benzene rings is 2. The van der Waals surface area contributed by atoms with Gasteiger partial charge in [0.2, 0.25) is 11.7 Å². The number of rotatable bonds is 2. The summed E-state index contributed by atoms with van der Waals surface area (Å²) in [6.07, 6.45) is 1.54. The molecule has 0 heterocycles. The molecule has 6 heteroatoms. The van der Waals surface area contributed by atoms with E-state index in [0.717, 1.165) is 0 Å². The number of nitrogens with one attached hydrogen (secondary N) is 1. The van der Waals surface area contributed by atoms with Crippen molar-refractivity contribution in [3.8, 4) is 0 Å². The number of nitro benzene ring substituents is 1. The highest BCUT2D eigenvalue weighted by molar-refractivity contribution is 6.24. The van der Waals surface area contributed by atoms with E-state index < -0.39 is 4.92 Å². The second-order valence-electron chi connectivity index (χ2n) is 4.73. The Morgan fingerprint density at radius 2 is 2.00 bits per heavy atom. The zero-order chi connectivity index (χ0) is 15.1. The van der Waals surface area contributed by atoms with Crippen molar-refractivity contribution in [3.63, 3.8) is 0 Å². The fraction of sp³-hybridized carbons (Fsp3) is 0.0667. The lowest BCUT2D eigenvalue weighted by molar-refractivity contribution is -0.383. The van der Waals surface area contributed by atoms with Gasteiger partial charge in [-0.1, -0.05) is 12.1 Å². The minimum Gasteiger partial charge on any atom is -0.323 e. The average molecular weight is 282 g/mol. The van der Waals surface area contributed by atoms with Crippen LogP contribution < -0.4 is 5.32 Å². The third-order valence-electron chi connectivity index (χ3n) is 3.35. The summed E-state index contributed by atoms with van der Waals surface area (Å²) in [4.78, 5) is 34.1. The molecule has 0 fully saturated rings. The van der Waals surface area contributed by atoms with E-state index >= 15 is 0 Å². The number of hydrogen-bond donors (Lipinski definition) is 1. The normalized spacial score (nSPS) is 13.0. The van der Waals surface area contributed by atoms with Gasteiger partial charge in [-0.3, -0.25) is 19.7 Å². The number of hydrogen-bond acceptors (Lipinski definition) is 4. The van der Waals surface area contributed by atoms with E-state index in [2.05, 4.69) is 5.32 Å². The highest BCUT2D eigenvalue weighted by Gasteiger charge is 2.25. The van der Waals surface area contributed by atoms with Crippen LogP contribution in [0.4, 0.5) is 5.69 Å². The quantitative estimate of drug-likeness (QED) is 0.676. The molecule has 0 saturated heterocycles. The SMILES string of the molecule is CC(=O)NC1=Cc2ccc([N+](=O)[O-])c3cccc(c23)C1=O. The minimum atomic E-state index is -0.472. The Balaban J connectivity index is 2.33. The van der Waals surface area contributed by atoms with Gasteiger partial charge in [-0.25, -0.2) is 0 Å². The Hall–Kier alpha value is -3.02. The molecule has 1 aliphatic rings. The van der Waals surface area contributed by atoms with Crippen molar-refractivity contribution in [2.24, 2.45) is 0 Å². The highest BCUT2D eigenvalue weighted by atomic mass is 16.6. The van der Waals surface area contributed by atoms with E-state index in [-0.39, 0.29) is 23.1 Å². The van der Waals surface area contributed by atoms with Crippen LogP contribution in [0.15, 0.2) is 36.0 Å². The van der Waals surface area contributed by atoms with Crippen LogP contribution in [0.25, 0.3) is 16.8 Å². The third kappa shape index (κ3) is 1.97. The van der Waals surface area contributed by atoms with Crippen molar-refractivity contribution >= 4 is 34.2 Å². The lowest BCUT2D eigenvalue weighted by Gasteiger charge is -2.16. The highest BCUT2D eigenvalue weighted by Crippen LogP contribution is 2.35. The van der Waals surface area contributed by atoms with Gasteiger partial charge >= 0.3 is 0 Å². The van der Waals surface area contributed by atoms with Crippen molar-refractivity contribution in [1.82, 2.24) is 5.32 Å². The first-order chi connectivity index (χ1) is 9.99. The first-order valence-corrected chi connectivity index (χ1v) is 6.23. The zero-order valence-corrected chi connectivity index (χ0v) is 11.0. The van der Waals surface area contributed by atoms with Crippen molar-refractivity contribution in [1.29, 1.82) is 0 Å². The molecule has 2 aromatic rings. The molecule has 1 N–H and O–H groups in total. The summed E-state index contributed by atoms with van der Waals surface area (Å²) >= 11 is 0. The number of carbonyl (C=O) groups is 2. The number of Topliss-reactive ketones (excluding diaryl/α,β-unsaturated/α-hetero) is 1. The van der Waals surface area contributed by atoms with E-state index in [4.69, 9.17) is 0 Å². The molecule has 0 aliphatic heterocycles. The van der Waals surface area contributed by atoms with E-state index in [9.17, 15) is 19.7 Å². The van der Waals surface area contributed by atoms with E-state index in [0.29, 0.717) is 21.9 Å². The van der Waals surface area contributed by atoms with Crippen LogP contribution in [0, 0.1) is 10.1 Å². The molecule has 21 heavy (non-hydrogen) atoms. The van der Waals surface area contributed by atoms with Gasteiger partial charge in [0.1, 0.15) is 0 Å². The van der Waals surface area contributed by atoms with Crippen LogP contribution in [0.3, 0.4) is 0 Å². The molecule has 0 aromatic heterocycles. The van der Waals surface area contributed by atoms with Gasteiger partial charge in [0.25, 0.3) is 5.69 Å². The van der Waals surface area contributed by atoms with Crippen LogP contribution in [0.2, 0.25) is 0 Å². The number of amides is 1. The number of nitro groups is 1. The molecule has 1 amide bonds. The van der Waals surface area contributed by atoms with Gasteiger partial charge in [0.05, 0.1) is 16.0 Å². The molecule has 0 bridgehead atoms. The summed E-state index contributed by atoms with van der Waals surface area (Å²) in [7, 11) is 0. The topological polar surface area (TPSA) is 89.3 Å². The van der Waals surface area contributed by atoms with Crippen molar-refractivity contribution in [3.05, 3.63) is 57.3 Å². The molecule has 6 nitrogen and oxygen atoms in total. The number of allylic oxidation sites excluding steroid dienone is 1. The minimum absolute atomic E-state index is 0.0419. The second kappa shape index (κ2) is 4.52. The zero-order valence-electron chi connectivity index (χ0n) is 11.0. The Morgan fingerprint density at radius 3 is 2.67 bits per heavy atom. The van der Waals surface area contributed by atoms with Crippen LogP contribution in [0.1, 0.15) is 22.8 Å². The maximum atomic E-state index is 12.4. The predicted molar refractivity (Wildman–Crippen MR) is 76.7 cm³/mol. The molecular formula is C15H10N2O4. The van der Waals surface area contributed by atoms with Gasteiger partial charge in [0, 0.05) is 23.9 Å².